The van der Waals surface area contributed by atoms with E-state index in [1.54, 1.807) is 6.07 Å². The van der Waals surface area contributed by atoms with E-state index < -0.39 is 9.84 Å². The highest BCUT2D eigenvalue weighted by atomic mass is 32.2. The summed E-state index contributed by atoms with van der Waals surface area (Å²) in [7, 11) is -3.34. The van der Waals surface area contributed by atoms with Gasteiger partial charge in [0.2, 0.25) is 0 Å². The number of hydrogen-bond donors (Lipinski definition) is 2. The van der Waals surface area contributed by atoms with Crippen molar-refractivity contribution in [3.05, 3.63) is 59.7 Å². The maximum atomic E-state index is 12.9. The van der Waals surface area contributed by atoms with Gasteiger partial charge < -0.3 is 20.7 Å². The molecule has 2 aromatic carbocycles. The first-order valence-electron chi connectivity index (χ1n) is 10.4. The van der Waals surface area contributed by atoms with Crippen LogP contribution >= 0.6 is 0 Å². The lowest BCUT2D eigenvalue weighted by Crippen LogP contribution is -2.61. The Morgan fingerprint density at radius 1 is 1.19 bits per heavy atom. The number of para-hydroxylation sites is 1. The summed E-state index contributed by atoms with van der Waals surface area (Å²) in [5.74, 6) is 0.810. The van der Waals surface area contributed by atoms with Crippen LogP contribution in [0.15, 0.2) is 53.4 Å². The fraction of sp³-hybridized carbons (Fsp3) is 0.348. The van der Waals surface area contributed by atoms with E-state index in [2.05, 4.69) is 5.32 Å². The van der Waals surface area contributed by atoms with Crippen LogP contribution in [0, 0.1) is 6.92 Å². The van der Waals surface area contributed by atoms with Crippen LogP contribution < -0.4 is 16.0 Å². The number of anilines is 2. The molecule has 0 saturated carbocycles. The molecule has 3 N–H and O–H groups in total. The minimum absolute atomic E-state index is 0.0595. The van der Waals surface area contributed by atoms with Crippen LogP contribution in [0.25, 0.3) is 10.9 Å². The van der Waals surface area contributed by atoms with Crippen molar-refractivity contribution < 1.29 is 13.2 Å². The van der Waals surface area contributed by atoms with Gasteiger partial charge in [0.1, 0.15) is 5.82 Å². The fourth-order valence-electron chi connectivity index (χ4n) is 4.11. The topological polar surface area (TPSA) is 97.6 Å². The third-order valence-electron chi connectivity index (χ3n) is 5.99. The maximum Gasteiger partial charge on any atom is 0.180 e. The minimum Gasteiger partial charge on any atom is -0.382 e. The molecule has 0 atom stereocenters. The number of hydrogen-bond acceptors (Lipinski definition) is 7. The summed E-state index contributed by atoms with van der Waals surface area (Å²) in [6, 6.07) is 15.6. The zero-order valence-electron chi connectivity index (χ0n) is 17.5. The number of nitrogens with two attached hydrogens (primary N) is 1. The average Bonchev–Trinajstić information content (AvgIpc) is 2.86. The number of rotatable bonds is 4. The van der Waals surface area contributed by atoms with Gasteiger partial charge in [0.05, 0.1) is 34.9 Å². The van der Waals surface area contributed by atoms with Gasteiger partial charge in [-0.15, -0.1) is 0 Å². The minimum atomic E-state index is -3.34. The van der Waals surface area contributed by atoms with Crippen LogP contribution in [0.5, 0.6) is 0 Å². The number of sulfone groups is 1. The van der Waals surface area contributed by atoms with Crippen LogP contribution in [0.2, 0.25) is 0 Å². The summed E-state index contributed by atoms with van der Waals surface area (Å²) in [5.41, 5.74) is 9.49. The van der Waals surface area contributed by atoms with Gasteiger partial charge in [-0.05, 0) is 30.2 Å². The van der Waals surface area contributed by atoms with Crippen LogP contribution in [0.4, 0.5) is 11.5 Å². The number of fused-ring (bicyclic) bond motifs is 2. The van der Waals surface area contributed by atoms with Crippen molar-refractivity contribution in [1.82, 2.24) is 4.98 Å². The van der Waals surface area contributed by atoms with Crippen molar-refractivity contribution in [1.29, 1.82) is 0 Å². The van der Waals surface area contributed by atoms with Crippen LogP contribution in [-0.2, 0) is 21.1 Å². The van der Waals surface area contributed by atoms with Crippen LogP contribution in [0.3, 0.4) is 0 Å². The number of benzene rings is 2. The van der Waals surface area contributed by atoms with Gasteiger partial charge in [0, 0.05) is 36.8 Å². The third kappa shape index (κ3) is 3.86. The molecule has 0 spiro atoms. The molecule has 5 rings (SSSR count). The first-order valence-corrected chi connectivity index (χ1v) is 12.1. The molecule has 162 valence electrons. The van der Waals surface area contributed by atoms with Crippen LogP contribution in [-0.4, -0.2) is 51.0 Å². The normalized spacial score (nSPS) is 19.4. The van der Waals surface area contributed by atoms with E-state index in [0.717, 1.165) is 33.5 Å². The van der Waals surface area contributed by atoms with E-state index in [1.165, 1.54) is 0 Å². The quantitative estimate of drug-likeness (QED) is 0.646. The standard InChI is InChI=1S/C23H26N4O3S/c1-16-6-7-17-12-27(8-9-31(28,29)21(17)10-16)22-11-20(25-13-23(24)14-30-15-23)18-4-2-3-5-19(18)26-22/h2-7,10-11H,8-9,12-15,24H2,1H3,(H,25,26). The first-order chi connectivity index (χ1) is 14.8. The molecule has 0 radical (unpaired) electrons. The second-order valence-corrected chi connectivity index (χ2v) is 10.7. The molecule has 7 nitrogen and oxygen atoms in total. The smallest absolute Gasteiger partial charge is 0.180 e. The van der Waals surface area contributed by atoms with E-state index in [1.807, 2.05) is 54.3 Å². The molecule has 1 aromatic heterocycles. The number of ether oxygens (including phenoxy) is 1. The number of aryl methyl sites for hydroxylation is 1. The van der Waals surface area contributed by atoms with Crippen LogP contribution in [0.1, 0.15) is 11.1 Å². The Kier molecular flexibility index (Phi) is 4.88. The maximum absolute atomic E-state index is 12.9. The van der Waals surface area contributed by atoms with E-state index in [9.17, 15) is 8.42 Å². The third-order valence-corrected chi connectivity index (χ3v) is 7.76. The summed E-state index contributed by atoms with van der Waals surface area (Å²) in [6.07, 6.45) is 0. The van der Waals surface area contributed by atoms with Crippen molar-refractivity contribution >= 4 is 32.2 Å². The molecule has 1 saturated heterocycles. The van der Waals surface area contributed by atoms with Gasteiger partial charge in [-0.1, -0.05) is 30.3 Å². The van der Waals surface area contributed by atoms with E-state index in [-0.39, 0.29) is 11.3 Å². The zero-order valence-corrected chi connectivity index (χ0v) is 18.3. The molecular weight excluding hydrogens is 412 g/mol. The molecule has 0 bridgehead atoms. The summed E-state index contributed by atoms with van der Waals surface area (Å²) in [6.45, 7) is 4.46. The molecule has 8 heteroatoms. The predicted molar refractivity (Wildman–Crippen MR) is 122 cm³/mol. The lowest BCUT2D eigenvalue weighted by Gasteiger charge is -2.38. The summed E-state index contributed by atoms with van der Waals surface area (Å²) < 4.78 is 31.0. The van der Waals surface area contributed by atoms with E-state index >= 15 is 0 Å². The summed E-state index contributed by atoms with van der Waals surface area (Å²) >= 11 is 0. The van der Waals surface area contributed by atoms with Gasteiger partial charge >= 0.3 is 0 Å². The molecule has 3 aromatic rings. The highest BCUT2D eigenvalue weighted by Crippen LogP contribution is 2.31. The number of nitrogens with one attached hydrogen (secondary N) is 1. The van der Waals surface area contributed by atoms with Crippen molar-refractivity contribution in [3.8, 4) is 0 Å². The molecular formula is C23H26N4O3S. The largest absolute Gasteiger partial charge is 0.382 e. The highest BCUT2D eigenvalue weighted by Gasteiger charge is 2.34. The summed E-state index contributed by atoms with van der Waals surface area (Å²) in [5, 5.41) is 4.49. The van der Waals surface area contributed by atoms with Crippen molar-refractivity contribution in [3.63, 3.8) is 0 Å². The van der Waals surface area contributed by atoms with Gasteiger partial charge in [-0.2, -0.15) is 0 Å². The molecule has 3 heterocycles. The molecule has 0 unspecified atom stereocenters. The molecule has 2 aliphatic rings. The van der Waals surface area contributed by atoms with E-state index in [4.69, 9.17) is 15.5 Å². The van der Waals surface area contributed by atoms with E-state index in [0.29, 0.717) is 37.7 Å². The zero-order chi connectivity index (χ0) is 21.6. The second kappa shape index (κ2) is 7.47. The number of aromatic nitrogens is 1. The summed E-state index contributed by atoms with van der Waals surface area (Å²) in [4.78, 5) is 7.33. The Hall–Kier alpha value is -2.68. The molecule has 1 fully saturated rings. The number of pyridine rings is 1. The van der Waals surface area contributed by atoms with Gasteiger partial charge in [-0.25, -0.2) is 13.4 Å². The molecule has 31 heavy (non-hydrogen) atoms. The first kappa shape index (κ1) is 20.2. The van der Waals surface area contributed by atoms with Crippen molar-refractivity contribution in [2.45, 2.75) is 23.9 Å². The SMILES string of the molecule is Cc1ccc2c(c1)S(=O)(=O)CCN(c1cc(NCC3(N)COC3)c3ccccc3n1)C2. The molecule has 0 aliphatic carbocycles. The lowest BCUT2D eigenvalue weighted by atomic mass is 9.99. The Morgan fingerprint density at radius 2 is 2.00 bits per heavy atom. The van der Waals surface area contributed by atoms with Gasteiger partial charge in [0.15, 0.2) is 9.84 Å². The van der Waals surface area contributed by atoms with Crippen molar-refractivity contribution in [2.75, 3.05) is 42.3 Å². The number of nitrogens with zero attached hydrogens (tertiary/aromatic N) is 2. The van der Waals surface area contributed by atoms with Gasteiger partial charge in [0.25, 0.3) is 0 Å². The lowest BCUT2D eigenvalue weighted by molar-refractivity contribution is -0.0461. The Morgan fingerprint density at radius 3 is 2.77 bits per heavy atom. The Bertz CT molecular complexity index is 1250. The predicted octanol–water partition coefficient (Wildman–Crippen LogP) is 2.48. The molecule has 0 amide bonds. The monoisotopic (exact) mass is 438 g/mol. The average molecular weight is 439 g/mol. The Balaban J connectivity index is 1.53. The highest BCUT2D eigenvalue weighted by molar-refractivity contribution is 7.91. The Labute approximate surface area is 182 Å². The van der Waals surface area contributed by atoms with Gasteiger partial charge in [-0.3, -0.25) is 0 Å². The van der Waals surface area contributed by atoms with Crippen molar-refractivity contribution in [2.24, 2.45) is 5.73 Å². The second-order valence-electron chi connectivity index (χ2n) is 8.61. The fourth-order valence-corrected chi connectivity index (χ4v) is 5.69. The molecule has 2 aliphatic heterocycles.